The van der Waals surface area contributed by atoms with Crippen molar-refractivity contribution in [2.45, 2.75) is 58.4 Å². The Balaban J connectivity index is 1.47. The number of fused-ring (bicyclic) bond motifs is 1. The van der Waals surface area contributed by atoms with Crippen LogP contribution in [0.2, 0.25) is 0 Å². The molecule has 10 nitrogen and oxygen atoms in total. The van der Waals surface area contributed by atoms with E-state index in [1.165, 1.54) is 26.5 Å². The van der Waals surface area contributed by atoms with Gasteiger partial charge in [-0.2, -0.15) is 4.31 Å². The van der Waals surface area contributed by atoms with Crippen LogP contribution in [0, 0.1) is 12.8 Å². The van der Waals surface area contributed by atoms with E-state index in [2.05, 4.69) is 17.2 Å². The Labute approximate surface area is 233 Å². The van der Waals surface area contributed by atoms with Gasteiger partial charge in [-0.05, 0) is 63.6 Å². The maximum absolute atomic E-state index is 13.5. The molecular formula is C27H36N4O6S2. The molecule has 1 N–H and O–H groups in total. The van der Waals surface area contributed by atoms with E-state index in [9.17, 15) is 18.0 Å². The number of piperidine rings is 1. The number of sulfonamides is 1. The number of thiophene rings is 1. The molecule has 0 atom stereocenters. The summed E-state index contributed by atoms with van der Waals surface area (Å²) in [5.74, 6) is 1.44. The van der Waals surface area contributed by atoms with Crippen molar-refractivity contribution in [3.63, 3.8) is 0 Å². The number of rotatable bonds is 11. The molecule has 1 aliphatic heterocycles. The molecule has 0 radical (unpaired) electrons. The van der Waals surface area contributed by atoms with E-state index < -0.39 is 15.6 Å². The van der Waals surface area contributed by atoms with Gasteiger partial charge < -0.3 is 14.8 Å². The van der Waals surface area contributed by atoms with Crippen molar-refractivity contribution in [1.82, 2.24) is 19.2 Å². The molecule has 1 saturated heterocycles. The Kier molecular flexibility index (Phi) is 9.29. The SMILES string of the molecule is CCOc1ccc(CCNC(=O)Cn2cnc3sc(C)c(S(=O)(=O)N4CCC(C)CC4)c3c2=O)cc1OCC. The van der Waals surface area contributed by atoms with Crippen LogP contribution in [0.3, 0.4) is 0 Å². The molecule has 4 rings (SSSR count). The molecule has 2 aromatic heterocycles. The molecule has 0 unspecified atom stereocenters. The third-order valence-electron chi connectivity index (χ3n) is 6.80. The molecule has 12 heteroatoms. The van der Waals surface area contributed by atoms with Crippen molar-refractivity contribution in [3.05, 3.63) is 45.3 Å². The summed E-state index contributed by atoms with van der Waals surface area (Å²) in [5.41, 5.74) is 0.439. The standard InChI is InChI=1S/C27H36N4O6S2/c1-5-36-21-8-7-20(15-22(21)37-6-2)9-12-28-23(32)16-30-17-29-26-24(27(30)33)25(19(4)38-26)39(34,35)31-13-10-18(3)11-14-31/h7-8,15,17-18H,5-6,9-14,16H2,1-4H3,(H,28,32). The number of ether oxygens (including phenoxy) is 2. The summed E-state index contributed by atoms with van der Waals surface area (Å²) in [6.07, 6.45) is 3.43. The maximum atomic E-state index is 13.5. The second-order valence-electron chi connectivity index (χ2n) is 9.68. The summed E-state index contributed by atoms with van der Waals surface area (Å²) in [4.78, 5) is 31.3. The van der Waals surface area contributed by atoms with Gasteiger partial charge in [0.05, 0.1) is 24.9 Å². The average Bonchev–Trinajstić information content (AvgIpc) is 3.25. The van der Waals surface area contributed by atoms with E-state index in [-0.39, 0.29) is 22.7 Å². The molecule has 212 valence electrons. The predicted octanol–water partition coefficient (Wildman–Crippen LogP) is 3.34. The fraction of sp³-hybridized carbons (Fsp3) is 0.519. The van der Waals surface area contributed by atoms with E-state index in [1.54, 1.807) is 6.92 Å². The van der Waals surface area contributed by atoms with Gasteiger partial charge in [-0.15, -0.1) is 11.3 Å². The highest BCUT2D eigenvalue weighted by molar-refractivity contribution is 7.89. The Morgan fingerprint density at radius 2 is 1.85 bits per heavy atom. The Hall–Kier alpha value is -2.96. The maximum Gasteiger partial charge on any atom is 0.263 e. The van der Waals surface area contributed by atoms with E-state index >= 15 is 0 Å². The molecule has 0 spiro atoms. The molecule has 3 aromatic rings. The third-order valence-corrected chi connectivity index (χ3v) is 10.0. The van der Waals surface area contributed by atoms with Crippen LogP contribution in [0.25, 0.3) is 10.2 Å². The molecule has 0 bridgehead atoms. The second kappa shape index (κ2) is 12.5. The lowest BCUT2D eigenvalue weighted by molar-refractivity contribution is -0.121. The molecule has 0 saturated carbocycles. The first-order chi connectivity index (χ1) is 18.6. The van der Waals surface area contributed by atoms with Crippen LogP contribution < -0.4 is 20.3 Å². The zero-order valence-corrected chi connectivity index (χ0v) is 24.5. The zero-order valence-electron chi connectivity index (χ0n) is 22.9. The monoisotopic (exact) mass is 576 g/mol. The highest BCUT2D eigenvalue weighted by Crippen LogP contribution is 2.34. The van der Waals surface area contributed by atoms with Crippen molar-refractivity contribution in [2.75, 3.05) is 32.8 Å². The topological polar surface area (TPSA) is 120 Å². The molecule has 1 amide bonds. The number of nitrogens with zero attached hydrogens (tertiary/aromatic N) is 3. The number of carbonyl (C=O) groups excluding carboxylic acids is 1. The predicted molar refractivity (Wildman–Crippen MR) is 151 cm³/mol. The minimum absolute atomic E-state index is 0.0184. The number of carbonyl (C=O) groups is 1. The molecule has 0 aliphatic carbocycles. The minimum Gasteiger partial charge on any atom is -0.490 e. The van der Waals surface area contributed by atoms with Crippen LogP contribution in [-0.2, 0) is 27.8 Å². The normalized spacial score (nSPS) is 15.0. The van der Waals surface area contributed by atoms with Crippen LogP contribution in [-0.4, -0.2) is 61.0 Å². The summed E-state index contributed by atoms with van der Waals surface area (Å²) in [6, 6.07) is 5.67. The van der Waals surface area contributed by atoms with E-state index in [0.29, 0.717) is 66.4 Å². The first-order valence-electron chi connectivity index (χ1n) is 13.3. The molecule has 1 fully saturated rings. The number of nitrogens with one attached hydrogen (secondary N) is 1. The molecular weight excluding hydrogens is 540 g/mol. The van der Waals surface area contributed by atoms with Gasteiger partial charge in [-0.1, -0.05) is 13.0 Å². The second-order valence-corrected chi connectivity index (χ2v) is 12.8. The van der Waals surface area contributed by atoms with Crippen LogP contribution in [0.5, 0.6) is 11.5 Å². The first-order valence-corrected chi connectivity index (χ1v) is 15.5. The largest absolute Gasteiger partial charge is 0.490 e. The van der Waals surface area contributed by atoms with Crippen molar-refractivity contribution in [3.8, 4) is 11.5 Å². The van der Waals surface area contributed by atoms with Gasteiger partial charge in [-0.25, -0.2) is 13.4 Å². The van der Waals surface area contributed by atoms with E-state index in [0.717, 1.165) is 18.4 Å². The summed E-state index contributed by atoms with van der Waals surface area (Å²) >= 11 is 1.18. The Morgan fingerprint density at radius 3 is 2.54 bits per heavy atom. The smallest absolute Gasteiger partial charge is 0.263 e. The number of aryl methyl sites for hydroxylation is 1. The number of benzene rings is 1. The molecule has 1 aliphatic rings. The molecule has 39 heavy (non-hydrogen) atoms. The summed E-state index contributed by atoms with van der Waals surface area (Å²) in [7, 11) is -3.86. The van der Waals surface area contributed by atoms with Crippen molar-refractivity contribution < 1.29 is 22.7 Å². The lowest BCUT2D eigenvalue weighted by atomic mass is 10.0. The Bertz CT molecular complexity index is 1490. The minimum atomic E-state index is -3.86. The van der Waals surface area contributed by atoms with Crippen molar-refractivity contribution >= 4 is 37.5 Å². The summed E-state index contributed by atoms with van der Waals surface area (Å²) in [5, 5.41) is 2.89. The van der Waals surface area contributed by atoms with Gasteiger partial charge in [0.2, 0.25) is 15.9 Å². The average molecular weight is 577 g/mol. The van der Waals surface area contributed by atoms with Gasteiger partial charge in [0.25, 0.3) is 5.56 Å². The first kappa shape index (κ1) is 29.0. The zero-order chi connectivity index (χ0) is 28.2. The summed E-state index contributed by atoms with van der Waals surface area (Å²) < 4.78 is 41.0. The highest BCUT2D eigenvalue weighted by Gasteiger charge is 2.33. The van der Waals surface area contributed by atoms with E-state index in [4.69, 9.17) is 9.47 Å². The van der Waals surface area contributed by atoms with Crippen molar-refractivity contribution in [1.29, 1.82) is 0 Å². The van der Waals surface area contributed by atoms with Gasteiger partial charge in [0.15, 0.2) is 11.5 Å². The van der Waals surface area contributed by atoms with Gasteiger partial charge in [0, 0.05) is 24.5 Å². The summed E-state index contributed by atoms with van der Waals surface area (Å²) in [6.45, 7) is 9.61. The fourth-order valence-electron chi connectivity index (χ4n) is 4.70. The third kappa shape index (κ3) is 6.44. The molecule has 1 aromatic carbocycles. The lowest BCUT2D eigenvalue weighted by Gasteiger charge is -2.29. The van der Waals surface area contributed by atoms with E-state index in [1.807, 2.05) is 32.0 Å². The highest BCUT2D eigenvalue weighted by atomic mass is 32.2. The van der Waals surface area contributed by atoms with Gasteiger partial charge >= 0.3 is 0 Å². The lowest BCUT2D eigenvalue weighted by Crippen LogP contribution is -2.38. The Morgan fingerprint density at radius 1 is 1.15 bits per heavy atom. The number of aromatic nitrogens is 2. The quantitative estimate of drug-likeness (QED) is 0.372. The van der Waals surface area contributed by atoms with Crippen LogP contribution in [0.15, 0.2) is 34.2 Å². The van der Waals surface area contributed by atoms with Crippen LogP contribution in [0.1, 0.15) is 44.1 Å². The van der Waals surface area contributed by atoms with Crippen LogP contribution >= 0.6 is 11.3 Å². The van der Waals surface area contributed by atoms with Crippen LogP contribution in [0.4, 0.5) is 0 Å². The van der Waals surface area contributed by atoms with Gasteiger partial charge in [0.1, 0.15) is 16.3 Å². The molecule has 3 heterocycles. The number of amides is 1. The number of hydrogen-bond donors (Lipinski definition) is 1. The fourth-order valence-corrected chi connectivity index (χ4v) is 7.84. The number of hydrogen-bond acceptors (Lipinski definition) is 8. The van der Waals surface area contributed by atoms with Crippen molar-refractivity contribution in [2.24, 2.45) is 5.92 Å². The van der Waals surface area contributed by atoms with Gasteiger partial charge in [-0.3, -0.25) is 14.2 Å².